The molecule has 1 atom stereocenters. The normalized spacial score (nSPS) is 12.1. The van der Waals surface area contributed by atoms with Crippen LogP contribution >= 0.6 is 0 Å². The molecule has 3 heteroatoms. The molecule has 0 unspecified atom stereocenters. The van der Waals surface area contributed by atoms with Crippen molar-refractivity contribution in [2.75, 3.05) is 6.54 Å². The van der Waals surface area contributed by atoms with E-state index in [9.17, 15) is 0 Å². The molecule has 0 saturated carbocycles. The Morgan fingerprint density at radius 2 is 1.80 bits per heavy atom. The second kappa shape index (κ2) is 7.68. The van der Waals surface area contributed by atoms with Gasteiger partial charge in [0.2, 0.25) is 0 Å². The summed E-state index contributed by atoms with van der Waals surface area (Å²) in [5, 5.41) is 3.37. The fourth-order valence-electron chi connectivity index (χ4n) is 1.86. The van der Waals surface area contributed by atoms with Crippen molar-refractivity contribution in [3.63, 3.8) is 0 Å². The smallest absolute Gasteiger partial charge is 0.120 e. The topological polar surface area (TPSA) is 47.3 Å². The zero-order valence-corrected chi connectivity index (χ0v) is 11.9. The molecule has 2 aromatic carbocycles. The molecule has 0 aliphatic heterocycles. The molecule has 20 heavy (non-hydrogen) atoms. The average molecular weight is 270 g/mol. The van der Waals surface area contributed by atoms with Crippen molar-refractivity contribution in [2.24, 2.45) is 5.73 Å². The van der Waals surface area contributed by atoms with Crippen LogP contribution in [-0.2, 0) is 13.2 Å². The van der Waals surface area contributed by atoms with Gasteiger partial charge in [-0.25, -0.2) is 0 Å². The van der Waals surface area contributed by atoms with Crippen LogP contribution in [0, 0.1) is 0 Å². The summed E-state index contributed by atoms with van der Waals surface area (Å²) in [5.74, 6) is 0.897. The Hall–Kier alpha value is -1.84. The highest BCUT2D eigenvalue weighted by molar-refractivity contribution is 5.29. The van der Waals surface area contributed by atoms with Gasteiger partial charge >= 0.3 is 0 Å². The number of ether oxygens (including phenoxy) is 1. The second-order valence-corrected chi connectivity index (χ2v) is 4.94. The molecule has 2 rings (SSSR count). The van der Waals surface area contributed by atoms with Gasteiger partial charge in [-0.1, -0.05) is 42.5 Å². The van der Waals surface area contributed by atoms with Crippen molar-refractivity contribution in [3.8, 4) is 5.75 Å². The van der Waals surface area contributed by atoms with Crippen molar-refractivity contribution < 1.29 is 4.74 Å². The first-order valence-corrected chi connectivity index (χ1v) is 6.97. The molecule has 0 radical (unpaired) electrons. The lowest BCUT2D eigenvalue weighted by atomic mass is 10.2. The zero-order chi connectivity index (χ0) is 14.2. The van der Waals surface area contributed by atoms with Gasteiger partial charge in [0.05, 0.1) is 0 Å². The Labute approximate surface area is 120 Å². The van der Waals surface area contributed by atoms with E-state index in [-0.39, 0.29) is 0 Å². The van der Waals surface area contributed by atoms with Crippen molar-refractivity contribution >= 4 is 0 Å². The summed E-state index contributed by atoms with van der Waals surface area (Å²) in [6.07, 6.45) is 0. The van der Waals surface area contributed by atoms with E-state index < -0.39 is 0 Å². The fraction of sp³-hybridized carbons (Fsp3) is 0.294. The third kappa shape index (κ3) is 4.68. The molecule has 3 N–H and O–H groups in total. The van der Waals surface area contributed by atoms with Crippen LogP contribution in [0.25, 0.3) is 0 Å². The Morgan fingerprint density at radius 3 is 2.55 bits per heavy atom. The highest BCUT2D eigenvalue weighted by Gasteiger charge is 2.01. The molecule has 0 aliphatic rings. The van der Waals surface area contributed by atoms with Crippen molar-refractivity contribution in [1.29, 1.82) is 0 Å². The molecular formula is C17H22N2O. The first-order valence-electron chi connectivity index (χ1n) is 6.97. The molecule has 0 spiro atoms. The summed E-state index contributed by atoms with van der Waals surface area (Å²) >= 11 is 0. The molecule has 3 nitrogen and oxygen atoms in total. The molecule has 0 saturated heterocycles. The Morgan fingerprint density at radius 1 is 1.05 bits per heavy atom. The standard InChI is InChI=1S/C17H22N2O/c1-14(11-18)19-12-16-8-5-9-17(10-16)20-13-15-6-3-2-4-7-15/h2-10,14,19H,11-13,18H2,1H3/t14-/m0/s1. The lowest BCUT2D eigenvalue weighted by Crippen LogP contribution is -2.32. The third-order valence-corrected chi connectivity index (χ3v) is 3.15. The molecule has 106 valence electrons. The van der Waals surface area contributed by atoms with E-state index in [1.807, 2.05) is 30.3 Å². The number of hydrogen-bond donors (Lipinski definition) is 2. The van der Waals surface area contributed by atoms with Gasteiger partial charge in [0.1, 0.15) is 12.4 Å². The van der Waals surface area contributed by atoms with Crippen LogP contribution in [0.4, 0.5) is 0 Å². The minimum atomic E-state index is 0.323. The quantitative estimate of drug-likeness (QED) is 0.813. The maximum absolute atomic E-state index is 5.81. The first kappa shape index (κ1) is 14.6. The van der Waals surface area contributed by atoms with Gasteiger partial charge in [-0.15, -0.1) is 0 Å². The first-order chi connectivity index (χ1) is 9.78. The van der Waals surface area contributed by atoms with Crippen LogP contribution in [0.5, 0.6) is 5.75 Å². The van der Waals surface area contributed by atoms with Gasteiger partial charge in [0.25, 0.3) is 0 Å². The maximum atomic E-state index is 5.81. The van der Waals surface area contributed by atoms with E-state index in [1.54, 1.807) is 0 Å². The summed E-state index contributed by atoms with van der Waals surface area (Å²) in [7, 11) is 0. The van der Waals surface area contributed by atoms with E-state index in [1.165, 1.54) is 11.1 Å². The predicted molar refractivity (Wildman–Crippen MR) is 82.6 cm³/mol. The highest BCUT2D eigenvalue weighted by Crippen LogP contribution is 2.15. The van der Waals surface area contributed by atoms with Gasteiger partial charge < -0.3 is 15.8 Å². The van der Waals surface area contributed by atoms with E-state index in [0.717, 1.165) is 12.3 Å². The minimum absolute atomic E-state index is 0.323. The molecule has 0 heterocycles. The fourth-order valence-corrected chi connectivity index (χ4v) is 1.86. The predicted octanol–water partition coefficient (Wildman–Crippen LogP) is 2.70. The van der Waals surface area contributed by atoms with E-state index in [4.69, 9.17) is 10.5 Å². The molecule has 0 amide bonds. The summed E-state index contributed by atoms with van der Waals surface area (Å²) in [4.78, 5) is 0. The third-order valence-electron chi connectivity index (χ3n) is 3.15. The Kier molecular flexibility index (Phi) is 5.59. The van der Waals surface area contributed by atoms with Gasteiger partial charge in [0, 0.05) is 19.1 Å². The average Bonchev–Trinajstić information content (AvgIpc) is 2.52. The Bertz CT molecular complexity index is 513. The summed E-state index contributed by atoms with van der Waals surface area (Å²) < 4.78 is 5.81. The molecule has 0 aromatic heterocycles. The van der Waals surface area contributed by atoms with Crippen LogP contribution in [-0.4, -0.2) is 12.6 Å². The lowest BCUT2D eigenvalue weighted by Gasteiger charge is -2.12. The minimum Gasteiger partial charge on any atom is -0.489 e. The number of nitrogens with two attached hydrogens (primary N) is 1. The van der Waals surface area contributed by atoms with Crippen LogP contribution < -0.4 is 15.8 Å². The monoisotopic (exact) mass is 270 g/mol. The lowest BCUT2D eigenvalue weighted by molar-refractivity contribution is 0.306. The summed E-state index contributed by atoms with van der Waals surface area (Å²) in [5.41, 5.74) is 7.97. The van der Waals surface area contributed by atoms with Crippen molar-refractivity contribution in [1.82, 2.24) is 5.32 Å². The van der Waals surface area contributed by atoms with Crippen LogP contribution in [0.2, 0.25) is 0 Å². The number of benzene rings is 2. The largest absolute Gasteiger partial charge is 0.489 e. The maximum Gasteiger partial charge on any atom is 0.120 e. The second-order valence-electron chi connectivity index (χ2n) is 4.94. The van der Waals surface area contributed by atoms with Gasteiger partial charge in [-0.2, -0.15) is 0 Å². The number of rotatable bonds is 7. The van der Waals surface area contributed by atoms with E-state index in [0.29, 0.717) is 19.2 Å². The van der Waals surface area contributed by atoms with Gasteiger partial charge in [0.15, 0.2) is 0 Å². The summed E-state index contributed by atoms with van der Waals surface area (Å²) in [6, 6.07) is 18.7. The van der Waals surface area contributed by atoms with Crippen molar-refractivity contribution in [2.45, 2.75) is 26.1 Å². The van der Waals surface area contributed by atoms with Gasteiger partial charge in [-0.3, -0.25) is 0 Å². The zero-order valence-electron chi connectivity index (χ0n) is 11.9. The van der Waals surface area contributed by atoms with Crippen molar-refractivity contribution in [3.05, 3.63) is 65.7 Å². The molecule has 0 bridgehead atoms. The molecule has 0 fully saturated rings. The number of hydrogen-bond acceptors (Lipinski definition) is 3. The SMILES string of the molecule is C[C@@H](CN)NCc1cccc(OCc2ccccc2)c1. The molecular weight excluding hydrogens is 248 g/mol. The highest BCUT2D eigenvalue weighted by atomic mass is 16.5. The molecule has 0 aliphatic carbocycles. The van der Waals surface area contributed by atoms with E-state index >= 15 is 0 Å². The van der Waals surface area contributed by atoms with Gasteiger partial charge in [-0.05, 0) is 30.2 Å². The number of nitrogens with one attached hydrogen (secondary N) is 1. The van der Waals surface area contributed by atoms with Crippen LogP contribution in [0.1, 0.15) is 18.1 Å². The molecule has 2 aromatic rings. The summed E-state index contributed by atoms with van der Waals surface area (Å²) in [6.45, 7) is 4.12. The van der Waals surface area contributed by atoms with Crippen LogP contribution in [0.15, 0.2) is 54.6 Å². The van der Waals surface area contributed by atoms with Crippen LogP contribution in [0.3, 0.4) is 0 Å². The van der Waals surface area contributed by atoms with E-state index in [2.05, 4.69) is 36.5 Å². The Balaban J connectivity index is 1.89.